The van der Waals surface area contributed by atoms with E-state index in [1.54, 1.807) is 11.0 Å². The van der Waals surface area contributed by atoms with Crippen LogP contribution >= 0.6 is 0 Å². The highest BCUT2D eigenvalue weighted by Crippen LogP contribution is 2.33. The molecule has 5 heteroatoms. The van der Waals surface area contributed by atoms with Gasteiger partial charge in [0.2, 0.25) is 0 Å². The van der Waals surface area contributed by atoms with Gasteiger partial charge >= 0.3 is 0 Å². The number of nitrogens with zero attached hydrogens (tertiary/aromatic N) is 2. The molecule has 1 unspecified atom stereocenters. The Kier molecular flexibility index (Phi) is 5.36. The van der Waals surface area contributed by atoms with Crippen LogP contribution in [0.25, 0.3) is 0 Å². The molecule has 1 aromatic heterocycles. The molecule has 0 aliphatic carbocycles. The van der Waals surface area contributed by atoms with E-state index < -0.39 is 0 Å². The molecule has 1 N–H and O–H groups in total. The van der Waals surface area contributed by atoms with E-state index in [0.29, 0.717) is 22.7 Å². The Balaban J connectivity index is 1.54. The van der Waals surface area contributed by atoms with E-state index in [1.807, 2.05) is 55.5 Å². The van der Waals surface area contributed by atoms with Crippen molar-refractivity contribution in [2.24, 2.45) is 0 Å². The van der Waals surface area contributed by atoms with E-state index in [2.05, 4.69) is 24.1 Å². The summed E-state index contributed by atoms with van der Waals surface area (Å²) in [4.78, 5) is 31.9. The van der Waals surface area contributed by atoms with Crippen LogP contribution in [0.2, 0.25) is 0 Å². The maximum atomic E-state index is 13.2. The van der Waals surface area contributed by atoms with E-state index in [1.165, 1.54) is 18.0 Å². The highest BCUT2D eigenvalue weighted by atomic mass is 16.2. The lowest BCUT2D eigenvalue weighted by Crippen LogP contribution is -2.35. The van der Waals surface area contributed by atoms with Gasteiger partial charge in [0, 0.05) is 29.8 Å². The van der Waals surface area contributed by atoms with Crippen molar-refractivity contribution in [1.29, 1.82) is 0 Å². The van der Waals surface area contributed by atoms with Gasteiger partial charge in [0.15, 0.2) is 0 Å². The predicted octanol–water partition coefficient (Wildman–Crippen LogP) is 5.05. The third kappa shape index (κ3) is 3.83. The van der Waals surface area contributed by atoms with Crippen molar-refractivity contribution in [1.82, 2.24) is 4.98 Å². The highest BCUT2D eigenvalue weighted by Gasteiger charge is 2.31. The van der Waals surface area contributed by atoms with E-state index >= 15 is 0 Å². The summed E-state index contributed by atoms with van der Waals surface area (Å²) in [6.07, 6.45) is 3.82. The first-order chi connectivity index (χ1) is 14.4. The molecule has 0 spiro atoms. The van der Waals surface area contributed by atoms with Gasteiger partial charge in [0.25, 0.3) is 11.8 Å². The lowest BCUT2D eigenvalue weighted by molar-refractivity contribution is 0.0981. The van der Waals surface area contributed by atoms with E-state index in [4.69, 9.17) is 0 Å². The number of aromatic nitrogens is 1. The van der Waals surface area contributed by atoms with Crippen LogP contribution in [0.4, 0.5) is 11.4 Å². The number of pyridine rings is 1. The number of nitrogens with one attached hydrogen (secondary N) is 1. The molecule has 30 heavy (non-hydrogen) atoms. The van der Waals surface area contributed by atoms with Crippen molar-refractivity contribution >= 4 is 23.2 Å². The summed E-state index contributed by atoms with van der Waals surface area (Å²) in [5.41, 5.74) is 4.76. The number of anilines is 2. The lowest BCUT2D eigenvalue weighted by Gasteiger charge is -2.22. The van der Waals surface area contributed by atoms with Crippen LogP contribution in [0.1, 0.15) is 58.5 Å². The van der Waals surface area contributed by atoms with Crippen molar-refractivity contribution in [2.75, 3.05) is 10.2 Å². The summed E-state index contributed by atoms with van der Waals surface area (Å²) in [6.45, 7) is 6.28. The highest BCUT2D eigenvalue weighted by molar-refractivity contribution is 6.10. The molecular formula is C25H25N3O2. The van der Waals surface area contributed by atoms with Gasteiger partial charge in [-0.1, -0.05) is 44.2 Å². The molecule has 2 aromatic carbocycles. The Morgan fingerprint density at radius 3 is 2.47 bits per heavy atom. The topological polar surface area (TPSA) is 62.3 Å². The summed E-state index contributed by atoms with van der Waals surface area (Å²) < 4.78 is 0. The SMILES string of the molecule is CC(C)c1ccc(NC(=O)c2cncc(C(=O)N3c4ccccc4CC3C)c2)cc1. The van der Waals surface area contributed by atoms with Crippen LogP contribution in [-0.2, 0) is 6.42 Å². The normalized spacial score (nSPS) is 15.2. The number of hydrogen-bond acceptors (Lipinski definition) is 3. The lowest BCUT2D eigenvalue weighted by atomic mass is 10.0. The number of amides is 2. The van der Waals surface area contributed by atoms with Gasteiger partial charge in [-0.2, -0.15) is 0 Å². The number of benzene rings is 2. The smallest absolute Gasteiger partial charge is 0.260 e. The number of fused-ring (bicyclic) bond motifs is 1. The number of rotatable bonds is 4. The van der Waals surface area contributed by atoms with Crippen LogP contribution < -0.4 is 10.2 Å². The summed E-state index contributed by atoms with van der Waals surface area (Å²) >= 11 is 0. The zero-order chi connectivity index (χ0) is 21.3. The van der Waals surface area contributed by atoms with Gasteiger partial charge in [-0.3, -0.25) is 14.6 Å². The fourth-order valence-corrected chi connectivity index (χ4v) is 3.85. The molecule has 5 nitrogen and oxygen atoms in total. The predicted molar refractivity (Wildman–Crippen MR) is 119 cm³/mol. The Labute approximate surface area is 176 Å². The quantitative estimate of drug-likeness (QED) is 0.668. The third-order valence-corrected chi connectivity index (χ3v) is 5.51. The van der Waals surface area contributed by atoms with Gasteiger partial charge in [0.1, 0.15) is 0 Å². The molecule has 3 aromatic rings. The van der Waals surface area contributed by atoms with Gasteiger partial charge in [-0.15, -0.1) is 0 Å². The zero-order valence-electron chi connectivity index (χ0n) is 17.4. The summed E-state index contributed by atoms with van der Waals surface area (Å²) in [5, 5.41) is 2.88. The molecule has 2 amide bonds. The Morgan fingerprint density at radius 1 is 1.03 bits per heavy atom. The second kappa shape index (κ2) is 8.11. The standard InChI is InChI=1S/C25H25N3O2/c1-16(2)18-8-10-22(11-9-18)27-24(29)20-13-21(15-26-14-20)25(30)28-17(3)12-19-6-4-5-7-23(19)28/h4-11,13-17H,12H2,1-3H3,(H,27,29). The van der Waals surface area contributed by atoms with Crippen molar-refractivity contribution in [2.45, 2.75) is 39.2 Å². The molecule has 1 aliphatic heterocycles. The Bertz CT molecular complexity index is 1090. The molecular weight excluding hydrogens is 374 g/mol. The second-order valence-corrected chi connectivity index (χ2v) is 8.05. The van der Waals surface area contributed by atoms with Gasteiger partial charge in [-0.05, 0) is 54.7 Å². The largest absolute Gasteiger partial charge is 0.322 e. The molecule has 0 saturated heterocycles. The number of hydrogen-bond donors (Lipinski definition) is 1. The average molecular weight is 399 g/mol. The van der Waals surface area contributed by atoms with Crippen molar-refractivity contribution in [3.63, 3.8) is 0 Å². The maximum Gasteiger partial charge on any atom is 0.260 e. The fourth-order valence-electron chi connectivity index (χ4n) is 3.85. The third-order valence-electron chi connectivity index (χ3n) is 5.51. The maximum absolute atomic E-state index is 13.2. The number of carbonyl (C=O) groups excluding carboxylic acids is 2. The van der Waals surface area contributed by atoms with Crippen LogP contribution in [-0.4, -0.2) is 22.8 Å². The van der Waals surface area contributed by atoms with Crippen LogP contribution in [0.15, 0.2) is 67.0 Å². The van der Waals surface area contributed by atoms with Gasteiger partial charge < -0.3 is 10.2 Å². The summed E-state index contributed by atoms with van der Waals surface area (Å²) in [5.74, 6) is -0.0000382. The van der Waals surface area contributed by atoms with Crippen LogP contribution in [0, 0.1) is 0 Å². The molecule has 0 saturated carbocycles. The molecule has 152 valence electrons. The minimum absolute atomic E-state index is 0.0619. The average Bonchev–Trinajstić information content (AvgIpc) is 3.09. The minimum Gasteiger partial charge on any atom is -0.322 e. The van der Waals surface area contributed by atoms with Crippen LogP contribution in [0.3, 0.4) is 0 Å². The molecule has 1 atom stereocenters. The monoisotopic (exact) mass is 399 g/mol. The van der Waals surface area contributed by atoms with E-state index in [-0.39, 0.29) is 17.9 Å². The minimum atomic E-state index is -0.288. The molecule has 0 bridgehead atoms. The summed E-state index contributed by atoms with van der Waals surface area (Å²) in [6, 6.07) is 17.4. The molecule has 1 aliphatic rings. The first-order valence-electron chi connectivity index (χ1n) is 10.2. The molecule has 4 rings (SSSR count). The Hall–Kier alpha value is -3.47. The van der Waals surface area contributed by atoms with E-state index in [0.717, 1.165) is 17.7 Å². The molecule has 2 heterocycles. The fraction of sp³-hybridized carbons (Fsp3) is 0.240. The van der Waals surface area contributed by atoms with Gasteiger partial charge in [0.05, 0.1) is 11.1 Å². The van der Waals surface area contributed by atoms with Crippen molar-refractivity contribution < 1.29 is 9.59 Å². The van der Waals surface area contributed by atoms with E-state index in [9.17, 15) is 9.59 Å². The molecule has 0 fully saturated rings. The summed E-state index contributed by atoms with van der Waals surface area (Å²) in [7, 11) is 0. The first-order valence-corrected chi connectivity index (χ1v) is 10.2. The van der Waals surface area contributed by atoms with Crippen LogP contribution in [0.5, 0.6) is 0 Å². The van der Waals surface area contributed by atoms with Crippen molar-refractivity contribution in [3.05, 3.63) is 89.2 Å². The zero-order valence-corrected chi connectivity index (χ0v) is 17.4. The Morgan fingerprint density at radius 2 is 1.73 bits per heavy atom. The number of para-hydroxylation sites is 1. The molecule has 0 radical (unpaired) electrons. The van der Waals surface area contributed by atoms with Gasteiger partial charge in [-0.25, -0.2) is 0 Å². The first kappa shape index (κ1) is 19.8. The number of carbonyl (C=O) groups is 2. The second-order valence-electron chi connectivity index (χ2n) is 8.05. The van der Waals surface area contributed by atoms with Crippen molar-refractivity contribution in [3.8, 4) is 0 Å².